The number of piperazine rings is 1. The number of amides is 1. The molecule has 2 aliphatic rings. The number of H-pyrrole nitrogens is 1. The molecule has 0 bridgehead atoms. The summed E-state index contributed by atoms with van der Waals surface area (Å²) in [6, 6.07) is 1.35. The van der Waals surface area contributed by atoms with Crippen LogP contribution in [0.5, 0.6) is 0 Å². The van der Waals surface area contributed by atoms with E-state index in [-0.39, 0.29) is 17.2 Å². The summed E-state index contributed by atoms with van der Waals surface area (Å²) in [5, 5.41) is 0. The zero-order valence-electron chi connectivity index (χ0n) is 13.9. The van der Waals surface area contributed by atoms with Crippen molar-refractivity contribution in [1.29, 1.82) is 0 Å². The van der Waals surface area contributed by atoms with Crippen LogP contribution in [0.1, 0.15) is 34.8 Å². The van der Waals surface area contributed by atoms with E-state index in [2.05, 4.69) is 15.0 Å². The molecule has 3 heterocycles. The highest BCUT2D eigenvalue weighted by Gasteiger charge is 2.31. The lowest BCUT2D eigenvalue weighted by atomic mass is 10.2. The van der Waals surface area contributed by atoms with Crippen LogP contribution < -0.4 is 10.5 Å². The minimum absolute atomic E-state index is 0.0159. The van der Waals surface area contributed by atoms with Crippen molar-refractivity contribution >= 4 is 11.9 Å². The summed E-state index contributed by atoms with van der Waals surface area (Å²) in [5.41, 5.74) is -0.562. The van der Waals surface area contributed by atoms with Crippen LogP contribution in [0.25, 0.3) is 0 Å². The quantitative estimate of drug-likeness (QED) is 0.891. The molecular formula is C17H17F2N5O2. The third-order valence-electron chi connectivity index (χ3n) is 4.71. The molecule has 4 rings (SSSR count). The first kappa shape index (κ1) is 16.6. The number of carbonyl (C=O) groups excluding carboxylic acids is 1. The number of rotatable bonds is 3. The zero-order valence-corrected chi connectivity index (χ0v) is 13.9. The summed E-state index contributed by atoms with van der Waals surface area (Å²) >= 11 is 0. The Morgan fingerprint density at radius 3 is 2.58 bits per heavy atom. The van der Waals surface area contributed by atoms with E-state index in [4.69, 9.17) is 0 Å². The maximum atomic E-state index is 13.9. The lowest BCUT2D eigenvalue weighted by Gasteiger charge is -2.35. The Balaban J connectivity index is 1.48. The normalized spacial score (nSPS) is 17.5. The first-order valence-electron chi connectivity index (χ1n) is 8.48. The molecule has 9 heteroatoms. The maximum absolute atomic E-state index is 13.9. The Hall–Kier alpha value is -2.84. The number of aromatic nitrogens is 3. The Kier molecular flexibility index (Phi) is 4.14. The van der Waals surface area contributed by atoms with E-state index < -0.39 is 23.1 Å². The predicted octanol–water partition coefficient (Wildman–Crippen LogP) is 1.28. The SMILES string of the molecule is O=C(c1ccncc1F)N1CCN(c2nc(C3CC3)c(F)c(=O)[nH]2)CC1. The van der Waals surface area contributed by atoms with Gasteiger partial charge in [0.2, 0.25) is 11.8 Å². The Morgan fingerprint density at radius 1 is 1.19 bits per heavy atom. The van der Waals surface area contributed by atoms with E-state index >= 15 is 0 Å². The van der Waals surface area contributed by atoms with Crippen molar-refractivity contribution in [2.45, 2.75) is 18.8 Å². The first-order chi connectivity index (χ1) is 12.5. The molecule has 136 valence electrons. The monoisotopic (exact) mass is 361 g/mol. The van der Waals surface area contributed by atoms with E-state index in [0.29, 0.717) is 32.1 Å². The third kappa shape index (κ3) is 3.04. The molecule has 1 saturated carbocycles. The van der Waals surface area contributed by atoms with Crippen LogP contribution in [0.4, 0.5) is 14.7 Å². The topological polar surface area (TPSA) is 82.2 Å². The predicted molar refractivity (Wildman–Crippen MR) is 89.1 cm³/mol. The summed E-state index contributed by atoms with van der Waals surface area (Å²) in [4.78, 5) is 38.0. The molecule has 0 radical (unpaired) electrons. The fourth-order valence-electron chi connectivity index (χ4n) is 3.08. The lowest BCUT2D eigenvalue weighted by Crippen LogP contribution is -2.49. The van der Waals surface area contributed by atoms with Crippen LogP contribution in [0.3, 0.4) is 0 Å². The molecule has 2 aromatic rings. The summed E-state index contributed by atoms with van der Waals surface area (Å²) in [7, 11) is 0. The number of pyridine rings is 1. The molecule has 0 atom stereocenters. The van der Waals surface area contributed by atoms with Gasteiger partial charge in [-0.05, 0) is 18.9 Å². The molecule has 2 fully saturated rings. The van der Waals surface area contributed by atoms with Crippen molar-refractivity contribution in [3.05, 3.63) is 51.7 Å². The van der Waals surface area contributed by atoms with Gasteiger partial charge >= 0.3 is 0 Å². The second-order valence-corrected chi connectivity index (χ2v) is 6.50. The van der Waals surface area contributed by atoms with Crippen molar-refractivity contribution < 1.29 is 13.6 Å². The molecule has 1 N–H and O–H groups in total. The van der Waals surface area contributed by atoms with Crippen molar-refractivity contribution in [2.75, 3.05) is 31.1 Å². The number of halogens is 2. The highest BCUT2D eigenvalue weighted by molar-refractivity contribution is 5.94. The van der Waals surface area contributed by atoms with Gasteiger partial charge in [0, 0.05) is 38.3 Å². The van der Waals surface area contributed by atoms with Crippen LogP contribution in [-0.4, -0.2) is 51.9 Å². The molecule has 0 spiro atoms. The molecule has 2 aromatic heterocycles. The number of anilines is 1. The molecule has 0 aromatic carbocycles. The molecule has 1 aliphatic heterocycles. The van der Waals surface area contributed by atoms with Gasteiger partial charge in [0.1, 0.15) is 0 Å². The van der Waals surface area contributed by atoms with Gasteiger partial charge in [-0.25, -0.2) is 9.37 Å². The van der Waals surface area contributed by atoms with Crippen LogP contribution in [-0.2, 0) is 0 Å². The maximum Gasteiger partial charge on any atom is 0.288 e. The number of hydrogen-bond acceptors (Lipinski definition) is 5. The summed E-state index contributed by atoms with van der Waals surface area (Å²) < 4.78 is 27.7. The first-order valence-corrected chi connectivity index (χ1v) is 8.48. The minimum Gasteiger partial charge on any atom is -0.339 e. The van der Waals surface area contributed by atoms with Crippen molar-refractivity contribution in [3.8, 4) is 0 Å². The average Bonchev–Trinajstić information content (AvgIpc) is 3.49. The van der Waals surface area contributed by atoms with Crippen LogP contribution in [0.15, 0.2) is 23.3 Å². The minimum atomic E-state index is -0.807. The van der Waals surface area contributed by atoms with Crippen LogP contribution in [0, 0.1) is 11.6 Å². The molecule has 1 saturated heterocycles. The standard InChI is InChI=1S/C17H17F2N5O2/c18-12-9-20-4-3-11(12)16(26)23-5-7-24(8-6-23)17-21-14(10-1-2-10)13(19)15(25)22-17/h3-4,9-10H,1-2,5-8H2,(H,21,22,25). The number of nitrogens with zero attached hydrogens (tertiary/aromatic N) is 4. The van der Waals surface area contributed by atoms with Crippen molar-refractivity contribution in [1.82, 2.24) is 19.9 Å². The van der Waals surface area contributed by atoms with Crippen LogP contribution >= 0.6 is 0 Å². The fraction of sp³-hybridized carbons (Fsp3) is 0.412. The number of carbonyl (C=O) groups is 1. The summed E-state index contributed by atoms with van der Waals surface area (Å²) in [6.45, 7) is 1.52. The van der Waals surface area contributed by atoms with E-state index in [1.165, 1.54) is 12.3 Å². The van der Waals surface area contributed by atoms with E-state index in [1.54, 1.807) is 9.80 Å². The Bertz CT molecular complexity index is 904. The smallest absolute Gasteiger partial charge is 0.288 e. The molecule has 7 nitrogen and oxygen atoms in total. The fourth-order valence-corrected chi connectivity index (χ4v) is 3.08. The van der Waals surface area contributed by atoms with E-state index in [0.717, 1.165) is 19.0 Å². The van der Waals surface area contributed by atoms with Gasteiger partial charge in [0.15, 0.2) is 5.82 Å². The number of aromatic amines is 1. The third-order valence-corrected chi connectivity index (χ3v) is 4.71. The largest absolute Gasteiger partial charge is 0.339 e. The number of hydrogen-bond donors (Lipinski definition) is 1. The van der Waals surface area contributed by atoms with Crippen molar-refractivity contribution in [3.63, 3.8) is 0 Å². The number of nitrogens with one attached hydrogen (secondary N) is 1. The average molecular weight is 361 g/mol. The highest BCUT2D eigenvalue weighted by atomic mass is 19.1. The lowest BCUT2D eigenvalue weighted by molar-refractivity contribution is 0.0741. The van der Waals surface area contributed by atoms with E-state index in [1.807, 2.05) is 0 Å². The van der Waals surface area contributed by atoms with Gasteiger partial charge in [0.05, 0.1) is 17.5 Å². The molecule has 0 unspecified atom stereocenters. The van der Waals surface area contributed by atoms with Crippen molar-refractivity contribution in [2.24, 2.45) is 0 Å². The van der Waals surface area contributed by atoms with Gasteiger partial charge in [0.25, 0.3) is 11.5 Å². The molecule has 1 amide bonds. The Morgan fingerprint density at radius 2 is 1.92 bits per heavy atom. The summed E-state index contributed by atoms with van der Waals surface area (Å²) in [5.74, 6) is -1.52. The molecule has 26 heavy (non-hydrogen) atoms. The zero-order chi connectivity index (χ0) is 18.3. The van der Waals surface area contributed by atoms with E-state index in [9.17, 15) is 18.4 Å². The van der Waals surface area contributed by atoms with Gasteiger partial charge in [-0.15, -0.1) is 0 Å². The van der Waals surface area contributed by atoms with Gasteiger partial charge in [-0.1, -0.05) is 0 Å². The summed E-state index contributed by atoms with van der Waals surface area (Å²) in [6.07, 6.45) is 4.06. The Labute approximate surface area is 147 Å². The molecule has 1 aliphatic carbocycles. The van der Waals surface area contributed by atoms with Crippen LogP contribution in [0.2, 0.25) is 0 Å². The van der Waals surface area contributed by atoms with Gasteiger partial charge in [-0.2, -0.15) is 4.39 Å². The van der Waals surface area contributed by atoms with Gasteiger partial charge < -0.3 is 9.80 Å². The second-order valence-electron chi connectivity index (χ2n) is 6.50. The van der Waals surface area contributed by atoms with Gasteiger partial charge in [-0.3, -0.25) is 19.6 Å². The highest BCUT2D eigenvalue weighted by Crippen LogP contribution is 2.39. The second kappa shape index (κ2) is 6.47. The molecular weight excluding hydrogens is 344 g/mol.